The van der Waals surface area contributed by atoms with Gasteiger partial charge in [0, 0.05) is 27.0 Å². The fourth-order valence-electron chi connectivity index (χ4n) is 2.33. The zero-order valence-electron chi connectivity index (χ0n) is 13.4. The third-order valence-corrected chi connectivity index (χ3v) is 5.57. The van der Waals surface area contributed by atoms with Gasteiger partial charge >= 0.3 is 0 Å². The Balaban J connectivity index is 1.54. The molecule has 0 bridgehead atoms. The molecule has 0 saturated heterocycles. The van der Waals surface area contributed by atoms with Gasteiger partial charge in [-0.05, 0) is 31.2 Å². The Morgan fingerprint density at radius 1 is 0.840 bits per heavy atom. The van der Waals surface area contributed by atoms with Gasteiger partial charge in [0.05, 0.1) is 0 Å². The Kier molecular flexibility index (Phi) is 4.53. The summed E-state index contributed by atoms with van der Waals surface area (Å²) in [7, 11) is 0. The molecule has 124 valence electrons. The number of hydrogen-bond donors (Lipinski definition) is 1. The van der Waals surface area contributed by atoms with Gasteiger partial charge in [-0.25, -0.2) is 9.97 Å². The minimum Gasteiger partial charge on any atom is -0.332 e. The highest BCUT2D eigenvalue weighted by molar-refractivity contribution is 7.14. The molecule has 3 nitrogen and oxygen atoms in total. The third kappa shape index (κ3) is 3.74. The van der Waals surface area contributed by atoms with Crippen molar-refractivity contribution in [2.75, 3.05) is 5.32 Å². The van der Waals surface area contributed by atoms with Crippen LogP contribution in [0.2, 0.25) is 5.02 Å². The summed E-state index contributed by atoms with van der Waals surface area (Å²) >= 11 is 9.13. The van der Waals surface area contributed by atoms with Crippen molar-refractivity contribution in [2.45, 2.75) is 6.92 Å². The van der Waals surface area contributed by atoms with Crippen LogP contribution >= 0.6 is 34.3 Å². The van der Waals surface area contributed by atoms with Crippen LogP contribution < -0.4 is 5.32 Å². The Hall–Kier alpha value is -2.21. The van der Waals surface area contributed by atoms with Crippen molar-refractivity contribution < 1.29 is 0 Å². The van der Waals surface area contributed by atoms with Crippen molar-refractivity contribution in [1.29, 1.82) is 0 Å². The summed E-state index contributed by atoms with van der Waals surface area (Å²) in [5.74, 6) is 0. The van der Waals surface area contributed by atoms with Crippen molar-refractivity contribution in [3.63, 3.8) is 0 Å². The maximum Gasteiger partial charge on any atom is 0.187 e. The zero-order chi connectivity index (χ0) is 17.2. The van der Waals surface area contributed by atoms with Crippen LogP contribution in [0.1, 0.15) is 5.56 Å². The summed E-state index contributed by atoms with van der Waals surface area (Å²) in [6.07, 6.45) is 0. The van der Waals surface area contributed by atoms with E-state index in [2.05, 4.69) is 41.5 Å². The standard InChI is InChI=1S/C19H14ClN3S2/c1-12-2-8-15(9-3-12)21-19-23-17(11-25-19)16-10-24-18(22-16)13-4-6-14(20)7-5-13/h2-11H,1H3,(H,21,23). The summed E-state index contributed by atoms with van der Waals surface area (Å²) in [4.78, 5) is 9.35. The first-order valence-corrected chi connectivity index (χ1v) is 9.82. The van der Waals surface area contributed by atoms with Crippen LogP contribution in [-0.4, -0.2) is 9.97 Å². The number of anilines is 2. The lowest BCUT2D eigenvalue weighted by molar-refractivity contribution is 1.32. The number of benzene rings is 2. The second kappa shape index (κ2) is 6.96. The van der Waals surface area contributed by atoms with Gasteiger partial charge in [0.1, 0.15) is 16.4 Å². The molecule has 2 aromatic heterocycles. The largest absolute Gasteiger partial charge is 0.332 e. The molecule has 4 rings (SSSR count). The van der Waals surface area contributed by atoms with Crippen LogP contribution in [-0.2, 0) is 0 Å². The maximum absolute atomic E-state index is 5.95. The number of hydrogen-bond acceptors (Lipinski definition) is 5. The number of thiazole rings is 2. The monoisotopic (exact) mass is 383 g/mol. The summed E-state index contributed by atoms with van der Waals surface area (Å²) in [5, 5.41) is 9.95. The average Bonchev–Trinajstić information content (AvgIpc) is 3.27. The number of nitrogens with one attached hydrogen (secondary N) is 1. The predicted octanol–water partition coefficient (Wildman–Crippen LogP) is 6.64. The van der Waals surface area contributed by atoms with Gasteiger partial charge in [-0.2, -0.15) is 0 Å². The van der Waals surface area contributed by atoms with Gasteiger partial charge in [0.25, 0.3) is 0 Å². The maximum atomic E-state index is 5.95. The van der Waals surface area contributed by atoms with E-state index in [-0.39, 0.29) is 0 Å². The summed E-state index contributed by atoms with van der Waals surface area (Å²) in [5.41, 5.74) is 5.11. The van der Waals surface area contributed by atoms with E-state index in [1.165, 1.54) is 5.56 Å². The number of rotatable bonds is 4. The van der Waals surface area contributed by atoms with E-state index in [9.17, 15) is 0 Å². The summed E-state index contributed by atoms with van der Waals surface area (Å²) in [6.45, 7) is 2.08. The van der Waals surface area contributed by atoms with Gasteiger partial charge in [-0.1, -0.05) is 41.4 Å². The van der Waals surface area contributed by atoms with E-state index in [4.69, 9.17) is 16.6 Å². The topological polar surface area (TPSA) is 37.8 Å². The molecule has 0 aliphatic heterocycles. The quantitative estimate of drug-likeness (QED) is 0.429. The number of aryl methyl sites for hydroxylation is 1. The number of halogens is 1. The molecule has 0 unspecified atom stereocenters. The molecule has 0 atom stereocenters. The third-order valence-electron chi connectivity index (χ3n) is 3.66. The van der Waals surface area contributed by atoms with Crippen LogP contribution in [0.4, 0.5) is 10.8 Å². The van der Waals surface area contributed by atoms with E-state index in [0.29, 0.717) is 0 Å². The normalized spacial score (nSPS) is 10.8. The van der Waals surface area contributed by atoms with Crippen LogP contribution in [0, 0.1) is 6.92 Å². The highest BCUT2D eigenvalue weighted by atomic mass is 35.5. The van der Waals surface area contributed by atoms with Gasteiger partial charge in [-0.3, -0.25) is 0 Å². The molecule has 2 aromatic carbocycles. The van der Waals surface area contributed by atoms with Crippen LogP contribution in [0.3, 0.4) is 0 Å². The average molecular weight is 384 g/mol. The molecule has 25 heavy (non-hydrogen) atoms. The molecular formula is C19H14ClN3S2. The van der Waals surface area contributed by atoms with Crippen LogP contribution in [0.25, 0.3) is 22.0 Å². The lowest BCUT2D eigenvalue weighted by Gasteiger charge is -2.02. The molecule has 0 fully saturated rings. The number of nitrogens with zero attached hydrogens (tertiary/aromatic N) is 2. The zero-order valence-corrected chi connectivity index (χ0v) is 15.8. The predicted molar refractivity (Wildman–Crippen MR) is 108 cm³/mol. The highest BCUT2D eigenvalue weighted by Gasteiger charge is 2.10. The van der Waals surface area contributed by atoms with Crippen molar-refractivity contribution in [2.24, 2.45) is 0 Å². The molecule has 0 saturated carbocycles. The minimum absolute atomic E-state index is 0.729. The first-order chi connectivity index (χ1) is 12.2. The first-order valence-electron chi connectivity index (χ1n) is 7.68. The molecule has 4 aromatic rings. The summed E-state index contributed by atoms with van der Waals surface area (Å²) < 4.78 is 0. The molecule has 0 spiro atoms. The van der Waals surface area contributed by atoms with Gasteiger partial charge < -0.3 is 5.32 Å². The smallest absolute Gasteiger partial charge is 0.187 e. The Morgan fingerprint density at radius 3 is 2.28 bits per heavy atom. The van der Waals surface area contributed by atoms with Crippen LogP contribution in [0.15, 0.2) is 59.3 Å². The van der Waals surface area contributed by atoms with E-state index < -0.39 is 0 Å². The van der Waals surface area contributed by atoms with Gasteiger partial charge in [0.15, 0.2) is 5.13 Å². The Labute approximate surface area is 159 Å². The van der Waals surface area contributed by atoms with Crippen LogP contribution in [0.5, 0.6) is 0 Å². The number of aromatic nitrogens is 2. The molecule has 6 heteroatoms. The lowest BCUT2D eigenvalue weighted by atomic mass is 10.2. The molecule has 2 heterocycles. The second-order valence-electron chi connectivity index (χ2n) is 5.57. The SMILES string of the molecule is Cc1ccc(Nc2nc(-c3csc(-c4ccc(Cl)cc4)n3)cs2)cc1. The summed E-state index contributed by atoms with van der Waals surface area (Å²) in [6, 6.07) is 16.0. The van der Waals surface area contributed by atoms with Crippen molar-refractivity contribution in [3.8, 4) is 22.0 Å². The molecule has 1 N–H and O–H groups in total. The van der Waals surface area contributed by atoms with Crippen molar-refractivity contribution in [1.82, 2.24) is 9.97 Å². The fraction of sp³-hybridized carbons (Fsp3) is 0.0526. The Bertz CT molecular complexity index is 988. The Morgan fingerprint density at radius 2 is 1.52 bits per heavy atom. The van der Waals surface area contributed by atoms with Gasteiger partial charge in [-0.15, -0.1) is 22.7 Å². The molecule has 0 radical (unpaired) electrons. The minimum atomic E-state index is 0.729. The van der Waals surface area contributed by atoms with E-state index >= 15 is 0 Å². The molecule has 0 amide bonds. The van der Waals surface area contributed by atoms with Gasteiger partial charge in [0.2, 0.25) is 0 Å². The van der Waals surface area contributed by atoms with E-state index in [0.717, 1.165) is 37.8 Å². The highest BCUT2D eigenvalue weighted by Crippen LogP contribution is 2.32. The first kappa shape index (κ1) is 16.3. The van der Waals surface area contributed by atoms with Crippen molar-refractivity contribution in [3.05, 3.63) is 69.9 Å². The molecule has 0 aliphatic rings. The van der Waals surface area contributed by atoms with E-state index in [1.807, 2.05) is 35.0 Å². The molecule has 0 aliphatic carbocycles. The second-order valence-corrected chi connectivity index (χ2v) is 7.73. The lowest BCUT2D eigenvalue weighted by Crippen LogP contribution is -1.89. The molecular weight excluding hydrogens is 370 g/mol. The fourth-order valence-corrected chi connectivity index (χ4v) is 4.00. The van der Waals surface area contributed by atoms with E-state index in [1.54, 1.807) is 22.7 Å². The van der Waals surface area contributed by atoms with Crippen molar-refractivity contribution >= 4 is 45.1 Å².